The monoisotopic (exact) mass is 338 g/mol. The predicted molar refractivity (Wildman–Crippen MR) is 90.3 cm³/mol. The van der Waals surface area contributed by atoms with E-state index in [9.17, 15) is 19.5 Å². The van der Waals surface area contributed by atoms with Crippen LogP contribution < -0.4 is 10.6 Å². The molecule has 0 spiro atoms. The average molecular weight is 338 g/mol. The number of carboxylic acids is 1. The number of hydrogen-bond donors (Lipinski definition) is 3. The minimum Gasteiger partial charge on any atom is -0.480 e. The first-order chi connectivity index (χ1) is 10.9. The molecular formula is C16H22N2O4S. The molecule has 0 aliphatic heterocycles. The highest BCUT2D eigenvalue weighted by Crippen LogP contribution is 2.06. The van der Waals surface area contributed by atoms with Crippen molar-refractivity contribution in [3.8, 4) is 0 Å². The third-order valence-electron chi connectivity index (χ3n) is 3.20. The van der Waals surface area contributed by atoms with Crippen molar-refractivity contribution in [3.05, 3.63) is 35.9 Å². The van der Waals surface area contributed by atoms with Crippen LogP contribution in [0, 0.1) is 0 Å². The van der Waals surface area contributed by atoms with Gasteiger partial charge in [-0.05, 0) is 24.0 Å². The number of carbonyl (C=O) groups is 3. The normalized spacial score (nSPS) is 13.0. The number of carbonyl (C=O) groups excluding carboxylic acids is 2. The fraction of sp³-hybridized carbons (Fsp3) is 0.438. The van der Waals surface area contributed by atoms with E-state index in [1.165, 1.54) is 18.7 Å². The molecule has 1 aromatic rings. The fourth-order valence-corrected chi connectivity index (χ4v) is 2.54. The summed E-state index contributed by atoms with van der Waals surface area (Å²) < 4.78 is 0. The Morgan fingerprint density at radius 2 is 1.78 bits per heavy atom. The highest BCUT2D eigenvalue weighted by atomic mass is 32.2. The Balaban J connectivity index is 2.77. The van der Waals surface area contributed by atoms with Gasteiger partial charge in [0.25, 0.3) is 0 Å². The third-order valence-corrected chi connectivity index (χ3v) is 3.85. The van der Waals surface area contributed by atoms with E-state index in [1.54, 1.807) is 0 Å². The lowest BCUT2D eigenvalue weighted by Gasteiger charge is -2.21. The number of carboxylic acid groups (broad SMARTS) is 1. The summed E-state index contributed by atoms with van der Waals surface area (Å²) in [5.41, 5.74) is 0.886. The van der Waals surface area contributed by atoms with Crippen molar-refractivity contribution in [1.29, 1.82) is 0 Å². The Hall–Kier alpha value is -2.02. The van der Waals surface area contributed by atoms with Gasteiger partial charge >= 0.3 is 5.97 Å². The van der Waals surface area contributed by atoms with Gasteiger partial charge in [0.05, 0.1) is 0 Å². The van der Waals surface area contributed by atoms with Crippen molar-refractivity contribution in [2.24, 2.45) is 0 Å². The third kappa shape index (κ3) is 7.19. The Labute approximate surface area is 140 Å². The maximum atomic E-state index is 12.4. The molecule has 0 aromatic heterocycles. The second-order valence-corrected chi connectivity index (χ2v) is 6.11. The summed E-state index contributed by atoms with van der Waals surface area (Å²) in [5, 5.41) is 14.3. The number of amides is 2. The summed E-state index contributed by atoms with van der Waals surface area (Å²) >= 11 is 1.51. The van der Waals surface area contributed by atoms with Crippen LogP contribution in [-0.4, -0.2) is 47.0 Å². The van der Waals surface area contributed by atoms with E-state index in [0.717, 1.165) is 5.56 Å². The predicted octanol–water partition coefficient (Wildman–Crippen LogP) is 1.06. The molecule has 0 saturated heterocycles. The van der Waals surface area contributed by atoms with Crippen LogP contribution in [0.2, 0.25) is 0 Å². The topological polar surface area (TPSA) is 95.5 Å². The van der Waals surface area contributed by atoms with Crippen molar-refractivity contribution in [1.82, 2.24) is 10.6 Å². The second kappa shape index (κ2) is 9.89. The van der Waals surface area contributed by atoms with Gasteiger partial charge in [0, 0.05) is 13.3 Å². The first-order valence-electron chi connectivity index (χ1n) is 7.27. The van der Waals surface area contributed by atoms with Gasteiger partial charge < -0.3 is 15.7 Å². The fourth-order valence-electron chi connectivity index (χ4n) is 2.07. The zero-order chi connectivity index (χ0) is 17.2. The molecule has 2 atom stereocenters. The van der Waals surface area contributed by atoms with Crippen LogP contribution in [-0.2, 0) is 20.8 Å². The van der Waals surface area contributed by atoms with E-state index < -0.39 is 24.0 Å². The van der Waals surface area contributed by atoms with Crippen molar-refractivity contribution in [2.75, 3.05) is 12.0 Å². The van der Waals surface area contributed by atoms with Gasteiger partial charge in [-0.3, -0.25) is 9.59 Å². The molecule has 3 N–H and O–H groups in total. The smallest absolute Gasteiger partial charge is 0.326 e. The SMILES string of the molecule is CSCC[C@@H](NC(=O)[C@@H](Cc1ccccc1)NC(C)=O)C(=O)O. The van der Waals surface area contributed by atoms with Crippen molar-refractivity contribution >= 4 is 29.5 Å². The summed E-state index contributed by atoms with van der Waals surface area (Å²) in [6.45, 7) is 1.33. The molecular weight excluding hydrogens is 316 g/mol. The summed E-state index contributed by atoms with van der Waals surface area (Å²) in [5.74, 6) is -1.27. The standard InChI is InChI=1S/C16H22N2O4S/c1-11(19)17-14(10-12-6-4-3-5-7-12)15(20)18-13(16(21)22)8-9-23-2/h3-7,13-14H,8-10H2,1-2H3,(H,17,19)(H,18,20)(H,21,22)/t13-,14-/m1/s1. The minimum absolute atomic E-state index is 0.307. The van der Waals surface area contributed by atoms with Gasteiger partial charge in [-0.15, -0.1) is 0 Å². The van der Waals surface area contributed by atoms with Crippen molar-refractivity contribution in [2.45, 2.75) is 31.8 Å². The van der Waals surface area contributed by atoms with Gasteiger partial charge in [0.2, 0.25) is 11.8 Å². The van der Waals surface area contributed by atoms with Crippen LogP contribution >= 0.6 is 11.8 Å². The van der Waals surface area contributed by atoms with Crippen LogP contribution in [0.3, 0.4) is 0 Å². The van der Waals surface area contributed by atoms with Crippen molar-refractivity contribution in [3.63, 3.8) is 0 Å². The Bertz CT molecular complexity index is 536. The molecule has 1 aromatic carbocycles. The van der Waals surface area contributed by atoms with Crippen LogP contribution in [0.4, 0.5) is 0 Å². The number of hydrogen-bond acceptors (Lipinski definition) is 4. The molecule has 126 valence electrons. The van der Waals surface area contributed by atoms with Crippen LogP contribution in [0.5, 0.6) is 0 Å². The quantitative estimate of drug-likeness (QED) is 0.626. The minimum atomic E-state index is -1.08. The largest absolute Gasteiger partial charge is 0.480 e. The lowest BCUT2D eigenvalue weighted by Crippen LogP contribution is -2.52. The molecule has 0 radical (unpaired) electrons. The average Bonchev–Trinajstić information content (AvgIpc) is 2.50. The van der Waals surface area contributed by atoms with Gasteiger partial charge in [0.15, 0.2) is 0 Å². The second-order valence-electron chi connectivity index (χ2n) is 5.12. The van der Waals surface area contributed by atoms with Gasteiger partial charge in [-0.2, -0.15) is 11.8 Å². The van der Waals surface area contributed by atoms with Crippen LogP contribution in [0.1, 0.15) is 18.9 Å². The van der Waals surface area contributed by atoms with E-state index in [4.69, 9.17) is 0 Å². The van der Waals surface area contributed by atoms with Gasteiger partial charge in [-0.25, -0.2) is 4.79 Å². The molecule has 0 aliphatic rings. The number of aliphatic carboxylic acids is 1. The van der Waals surface area contributed by atoms with Gasteiger partial charge in [0.1, 0.15) is 12.1 Å². The van der Waals surface area contributed by atoms with Gasteiger partial charge in [-0.1, -0.05) is 30.3 Å². The first-order valence-corrected chi connectivity index (χ1v) is 8.66. The number of benzene rings is 1. The summed E-state index contributed by atoms with van der Waals surface area (Å²) in [4.78, 5) is 34.9. The number of thioether (sulfide) groups is 1. The van der Waals surface area contributed by atoms with Crippen LogP contribution in [0.15, 0.2) is 30.3 Å². The molecule has 0 heterocycles. The molecule has 7 heteroatoms. The molecule has 2 amide bonds. The van der Waals surface area contributed by atoms with E-state index in [1.807, 2.05) is 36.6 Å². The molecule has 0 saturated carbocycles. The molecule has 6 nitrogen and oxygen atoms in total. The molecule has 23 heavy (non-hydrogen) atoms. The lowest BCUT2D eigenvalue weighted by molar-refractivity contribution is -0.142. The highest BCUT2D eigenvalue weighted by Gasteiger charge is 2.25. The summed E-state index contributed by atoms with van der Waals surface area (Å²) in [7, 11) is 0. The van der Waals surface area contributed by atoms with E-state index >= 15 is 0 Å². The molecule has 0 unspecified atom stereocenters. The number of rotatable bonds is 9. The number of nitrogens with one attached hydrogen (secondary N) is 2. The zero-order valence-corrected chi connectivity index (χ0v) is 14.1. The van der Waals surface area contributed by atoms with Crippen molar-refractivity contribution < 1.29 is 19.5 Å². The van der Waals surface area contributed by atoms with E-state index in [2.05, 4.69) is 10.6 Å². The zero-order valence-electron chi connectivity index (χ0n) is 13.2. The first kappa shape index (κ1) is 19.0. The molecule has 0 bridgehead atoms. The Kier molecular flexibility index (Phi) is 8.18. The molecule has 0 fully saturated rings. The Morgan fingerprint density at radius 1 is 1.13 bits per heavy atom. The maximum absolute atomic E-state index is 12.4. The Morgan fingerprint density at radius 3 is 2.30 bits per heavy atom. The maximum Gasteiger partial charge on any atom is 0.326 e. The lowest BCUT2D eigenvalue weighted by atomic mass is 10.0. The van der Waals surface area contributed by atoms with Crippen LogP contribution in [0.25, 0.3) is 0 Å². The van der Waals surface area contributed by atoms with E-state index in [0.29, 0.717) is 18.6 Å². The molecule has 0 aliphatic carbocycles. The van der Waals surface area contributed by atoms with E-state index in [-0.39, 0.29) is 5.91 Å². The molecule has 1 rings (SSSR count). The highest BCUT2D eigenvalue weighted by molar-refractivity contribution is 7.98. The summed E-state index contributed by atoms with van der Waals surface area (Å²) in [6.07, 6.45) is 2.51. The summed E-state index contributed by atoms with van der Waals surface area (Å²) in [6, 6.07) is 7.50.